The van der Waals surface area contributed by atoms with E-state index in [-0.39, 0.29) is 11.7 Å². The summed E-state index contributed by atoms with van der Waals surface area (Å²) in [5.41, 5.74) is 6.85. The molecular weight excluding hydrogens is 242 g/mol. The van der Waals surface area contributed by atoms with Crippen LogP contribution in [0.5, 0.6) is 0 Å². The minimum Gasteiger partial charge on any atom is -0.409 e. The predicted molar refractivity (Wildman–Crippen MR) is 74.3 cm³/mol. The van der Waals surface area contributed by atoms with E-state index < -0.39 is 5.41 Å². The van der Waals surface area contributed by atoms with E-state index >= 15 is 0 Å². The van der Waals surface area contributed by atoms with Crippen molar-refractivity contribution < 1.29 is 10.0 Å². The number of amides is 1. The van der Waals surface area contributed by atoms with Crippen molar-refractivity contribution in [3.8, 4) is 0 Å². The Morgan fingerprint density at radius 1 is 1.42 bits per heavy atom. The lowest BCUT2D eigenvalue weighted by Gasteiger charge is -2.25. The Bertz CT molecular complexity index is 504. The Labute approximate surface area is 112 Å². The highest BCUT2D eigenvalue weighted by atomic mass is 16.4. The van der Waals surface area contributed by atoms with Gasteiger partial charge in [0.1, 0.15) is 5.41 Å². The molecule has 1 aliphatic carbocycles. The van der Waals surface area contributed by atoms with Crippen LogP contribution in [-0.4, -0.2) is 23.5 Å². The number of hydrogen-bond donors (Lipinski definition) is 2. The van der Waals surface area contributed by atoms with Crippen molar-refractivity contribution in [3.05, 3.63) is 29.8 Å². The summed E-state index contributed by atoms with van der Waals surface area (Å²) in [6, 6.07) is 7.76. The topological polar surface area (TPSA) is 78.9 Å². The second-order valence-corrected chi connectivity index (χ2v) is 4.95. The largest absolute Gasteiger partial charge is 0.409 e. The fourth-order valence-electron chi connectivity index (χ4n) is 2.23. The Hall–Kier alpha value is -2.04. The number of aryl methyl sites for hydroxylation is 1. The van der Waals surface area contributed by atoms with Crippen LogP contribution in [0.4, 0.5) is 5.69 Å². The average molecular weight is 261 g/mol. The van der Waals surface area contributed by atoms with Gasteiger partial charge in [0.15, 0.2) is 5.84 Å². The number of benzene rings is 1. The van der Waals surface area contributed by atoms with Crippen LogP contribution in [0.15, 0.2) is 29.4 Å². The van der Waals surface area contributed by atoms with Crippen molar-refractivity contribution in [2.75, 3.05) is 11.4 Å². The quantitative estimate of drug-likeness (QED) is 0.376. The predicted octanol–water partition coefficient (Wildman–Crippen LogP) is 1.87. The van der Waals surface area contributed by atoms with E-state index in [1.165, 1.54) is 0 Å². The summed E-state index contributed by atoms with van der Waals surface area (Å²) in [4.78, 5) is 14.3. The van der Waals surface area contributed by atoms with Crippen LogP contribution < -0.4 is 10.6 Å². The summed E-state index contributed by atoms with van der Waals surface area (Å²) in [7, 11) is 0. The molecule has 0 radical (unpaired) electrons. The van der Waals surface area contributed by atoms with Crippen molar-refractivity contribution in [1.82, 2.24) is 0 Å². The summed E-state index contributed by atoms with van der Waals surface area (Å²) in [5, 5.41) is 11.8. The molecule has 5 heteroatoms. The van der Waals surface area contributed by atoms with Crippen LogP contribution in [0.2, 0.25) is 0 Å². The Balaban J connectivity index is 2.28. The van der Waals surface area contributed by atoms with E-state index in [0.29, 0.717) is 19.4 Å². The van der Waals surface area contributed by atoms with Gasteiger partial charge in [-0.1, -0.05) is 22.9 Å². The van der Waals surface area contributed by atoms with Gasteiger partial charge in [-0.05, 0) is 38.8 Å². The maximum Gasteiger partial charge on any atom is 0.240 e. The minimum absolute atomic E-state index is 0.0167. The fourth-order valence-corrected chi connectivity index (χ4v) is 2.23. The smallest absolute Gasteiger partial charge is 0.240 e. The number of nitrogens with two attached hydrogens (primary N) is 1. The van der Waals surface area contributed by atoms with Gasteiger partial charge in [-0.3, -0.25) is 4.79 Å². The first-order valence-corrected chi connectivity index (χ1v) is 6.42. The molecular formula is C14H19N3O2. The molecule has 0 bridgehead atoms. The van der Waals surface area contributed by atoms with Crippen LogP contribution in [0, 0.1) is 12.3 Å². The monoisotopic (exact) mass is 261 g/mol. The molecule has 0 saturated heterocycles. The van der Waals surface area contributed by atoms with E-state index in [0.717, 1.165) is 11.3 Å². The molecule has 0 heterocycles. The zero-order valence-electron chi connectivity index (χ0n) is 11.3. The molecule has 1 aromatic rings. The van der Waals surface area contributed by atoms with Crippen LogP contribution >= 0.6 is 0 Å². The van der Waals surface area contributed by atoms with E-state index in [1.54, 1.807) is 4.90 Å². The molecule has 0 unspecified atom stereocenters. The molecule has 2 rings (SSSR count). The van der Waals surface area contributed by atoms with Gasteiger partial charge in [0.05, 0.1) is 0 Å². The minimum atomic E-state index is -0.796. The van der Waals surface area contributed by atoms with Crippen LogP contribution in [-0.2, 0) is 4.79 Å². The number of carbonyl (C=O) groups excluding carboxylic acids is 1. The molecule has 5 nitrogen and oxygen atoms in total. The van der Waals surface area contributed by atoms with Gasteiger partial charge in [0, 0.05) is 12.2 Å². The van der Waals surface area contributed by atoms with Crippen LogP contribution in [0.1, 0.15) is 25.3 Å². The second-order valence-electron chi connectivity index (χ2n) is 4.95. The number of rotatable bonds is 4. The van der Waals surface area contributed by atoms with Gasteiger partial charge in [0.2, 0.25) is 5.91 Å². The maximum atomic E-state index is 12.6. The molecule has 1 saturated carbocycles. The number of hydrogen-bond acceptors (Lipinski definition) is 3. The Morgan fingerprint density at radius 3 is 2.42 bits per heavy atom. The molecule has 0 atom stereocenters. The van der Waals surface area contributed by atoms with Crippen molar-refractivity contribution in [2.45, 2.75) is 26.7 Å². The number of amidine groups is 1. The normalized spacial score (nSPS) is 17.1. The lowest BCUT2D eigenvalue weighted by Crippen LogP contribution is -2.43. The van der Waals surface area contributed by atoms with Crippen molar-refractivity contribution >= 4 is 17.4 Å². The molecule has 19 heavy (non-hydrogen) atoms. The number of nitrogens with zero attached hydrogens (tertiary/aromatic N) is 2. The van der Waals surface area contributed by atoms with Gasteiger partial charge >= 0.3 is 0 Å². The van der Waals surface area contributed by atoms with E-state index in [4.69, 9.17) is 10.9 Å². The summed E-state index contributed by atoms with van der Waals surface area (Å²) in [5.74, 6) is -0.0720. The first kappa shape index (κ1) is 13.4. The van der Waals surface area contributed by atoms with Crippen molar-refractivity contribution in [2.24, 2.45) is 16.3 Å². The molecule has 0 spiro atoms. The van der Waals surface area contributed by atoms with E-state index in [2.05, 4.69) is 5.16 Å². The third kappa shape index (κ3) is 2.28. The number of carbonyl (C=O) groups is 1. The van der Waals surface area contributed by atoms with Crippen LogP contribution in [0.3, 0.4) is 0 Å². The third-order valence-electron chi connectivity index (χ3n) is 3.66. The molecule has 1 aromatic carbocycles. The zero-order valence-corrected chi connectivity index (χ0v) is 11.3. The Kier molecular flexibility index (Phi) is 3.46. The SMILES string of the molecule is CCN(C(=O)C1(/C(N)=N/O)CC1)c1ccc(C)cc1. The summed E-state index contributed by atoms with van der Waals surface area (Å²) < 4.78 is 0. The molecule has 1 aliphatic rings. The lowest BCUT2D eigenvalue weighted by molar-refractivity contribution is -0.121. The Morgan fingerprint density at radius 2 is 2.00 bits per heavy atom. The molecule has 1 amide bonds. The molecule has 0 aromatic heterocycles. The highest BCUT2D eigenvalue weighted by Crippen LogP contribution is 2.48. The molecule has 0 aliphatic heterocycles. The number of anilines is 1. The molecule has 3 N–H and O–H groups in total. The molecule has 1 fully saturated rings. The van der Waals surface area contributed by atoms with E-state index in [9.17, 15) is 4.79 Å². The average Bonchev–Trinajstić information content (AvgIpc) is 3.22. The highest BCUT2D eigenvalue weighted by molar-refractivity contribution is 6.15. The molecule has 102 valence electrons. The van der Waals surface area contributed by atoms with Gasteiger partial charge in [-0.25, -0.2) is 0 Å². The maximum absolute atomic E-state index is 12.6. The van der Waals surface area contributed by atoms with E-state index in [1.807, 2.05) is 38.1 Å². The van der Waals surface area contributed by atoms with Gasteiger partial charge in [-0.2, -0.15) is 0 Å². The summed E-state index contributed by atoms with van der Waals surface area (Å²) in [6.07, 6.45) is 1.29. The van der Waals surface area contributed by atoms with Gasteiger partial charge < -0.3 is 15.8 Å². The van der Waals surface area contributed by atoms with Gasteiger partial charge in [-0.15, -0.1) is 0 Å². The summed E-state index contributed by atoms with van der Waals surface area (Å²) >= 11 is 0. The summed E-state index contributed by atoms with van der Waals surface area (Å²) in [6.45, 7) is 4.48. The van der Waals surface area contributed by atoms with Crippen molar-refractivity contribution in [3.63, 3.8) is 0 Å². The second kappa shape index (κ2) is 4.91. The third-order valence-corrected chi connectivity index (χ3v) is 3.66. The first-order valence-electron chi connectivity index (χ1n) is 6.42. The highest BCUT2D eigenvalue weighted by Gasteiger charge is 2.55. The van der Waals surface area contributed by atoms with Crippen LogP contribution in [0.25, 0.3) is 0 Å². The lowest BCUT2D eigenvalue weighted by atomic mass is 10.0. The van der Waals surface area contributed by atoms with Crippen molar-refractivity contribution in [1.29, 1.82) is 0 Å². The fraction of sp³-hybridized carbons (Fsp3) is 0.429. The zero-order chi connectivity index (χ0) is 14.0. The van der Waals surface area contributed by atoms with Gasteiger partial charge in [0.25, 0.3) is 0 Å². The number of oxime groups is 1. The standard InChI is InChI=1S/C14H19N3O2/c1-3-17(11-6-4-10(2)5-7-11)13(18)14(8-9-14)12(15)16-19/h4-7,19H,3,8-9H2,1-2H3,(H2,15,16). The first-order chi connectivity index (χ1) is 9.05.